The number of hydrogen-bond donors (Lipinski definition) is 2. The molecule has 0 aliphatic heterocycles. The van der Waals surface area contributed by atoms with E-state index in [-0.39, 0.29) is 17.9 Å². The van der Waals surface area contributed by atoms with E-state index in [1.54, 1.807) is 0 Å². The molecule has 26 heavy (non-hydrogen) atoms. The van der Waals surface area contributed by atoms with E-state index in [1.807, 2.05) is 48.7 Å². The molecule has 0 saturated carbocycles. The number of H-pyrrole nitrogens is 1. The number of carbonyl (C=O) groups excluding carboxylic acids is 1. The van der Waals surface area contributed by atoms with Gasteiger partial charge in [0.15, 0.2) is 5.78 Å². The van der Waals surface area contributed by atoms with Gasteiger partial charge >= 0.3 is 0 Å². The molecular weight excluding hydrogens is 320 g/mol. The fourth-order valence-electron chi connectivity index (χ4n) is 3.64. The molecule has 3 nitrogen and oxygen atoms in total. The van der Waals surface area contributed by atoms with E-state index in [0.717, 1.165) is 41.3 Å². The third-order valence-corrected chi connectivity index (χ3v) is 5.02. The van der Waals surface area contributed by atoms with Crippen molar-refractivity contribution >= 4 is 16.7 Å². The number of ketones is 1. The van der Waals surface area contributed by atoms with Crippen molar-refractivity contribution in [2.75, 3.05) is 0 Å². The molecule has 0 unspecified atom stereocenters. The fraction of sp³-hybridized carbons (Fsp3) is 0.348. The van der Waals surface area contributed by atoms with Crippen molar-refractivity contribution in [2.45, 2.75) is 52.1 Å². The average molecular weight is 348 g/mol. The van der Waals surface area contributed by atoms with E-state index in [9.17, 15) is 4.79 Å². The molecule has 2 aromatic carbocycles. The number of benzene rings is 2. The molecule has 0 saturated heterocycles. The van der Waals surface area contributed by atoms with Gasteiger partial charge in [0, 0.05) is 28.7 Å². The lowest BCUT2D eigenvalue weighted by Crippen LogP contribution is -2.35. The Bertz CT molecular complexity index is 866. The topological polar surface area (TPSA) is 44.9 Å². The second kappa shape index (κ2) is 8.33. The molecule has 0 amide bonds. The number of rotatable bonds is 8. The van der Waals surface area contributed by atoms with Gasteiger partial charge in [0.1, 0.15) is 0 Å². The van der Waals surface area contributed by atoms with E-state index in [0.29, 0.717) is 0 Å². The van der Waals surface area contributed by atoms with Crippen molar-refractivity contribution < 1.29 is 4.79 Å². The molecule has 1 aromatic heterocycles. The van der Waals surface area contributed by atoms with Crippen LogP contribution in [-0.4, -0.2) is 16.8 Å². The number of Topliss-reactive ketones (excluding diaryl/α,β-unsaturated/α-hetero) is 1. The molecule has 3 rings (SSSR count). The number of hydrogen-bond acceptors (Lipinski definition) is 2. The minimum atomic E-state index is -0.331. The van der Waals surface area contributed by atoms with Crippen molar-refractivity contribution in [3.63, 3.8) is 0 Å². The molecule has 0 radical (unpaired) electrons. The summed E-state index contributed by atoms with van der Waals surface area (Å²) in [5.74, 6) is 0.124. The molecule has 3 heteroatoms. The SMILES string of the molecule is CCC[C@H](C)N[C@H](C(=O)c1c[nH]c2c(CC)cccc12)c1ccccc1. The summed E-state index contributed by atoms with van der Waals surface area (Å²) in [5.41, 5.74) is 4.10. The summed E-state index contributed by atoms with van der Waals surface area (Å²) in [5, 5.41) is 4.57. The van der Waals surface area contributed by atoms with Gasteiger partial charge in [0.25, 0.3) is 0 Å². The largest absolute Gasteiger partial charge is 0.360 e. The van der Waals surface area contributed by atoms with Crippen LogP contribution in [0.5, 0.6) is 0 Å². The number of aromatic amines is 1. The highest BCUT2D eigenvalue weighted by atomic mass is 16.1. The predicted octanol–water partition coefficient (Wildman–Crippen LogP) is 5.43. The van der Waals surface area contributed by atoms with Crippen LogP contribution in [-0.2, 0) is 6.42 Å². The van der Waals surface area contributed by atoms with Crippen LogP contribution in [0.1, 0.15) is 61.1 Å². The molecular formula is C23H28N2O. The van der Waals surface area contributed by atoms with E-state index in [2.05, 4.69) is 37.1 Å². The maximum absolute atomic E-state index is 13.5. The van der Waals surface area contributed by atoms with Crippen molar-refractivity contribution in [1.82, 2.24) is 10.3 Å². The van der Waals surface area contributed by atoms with Gasteiger partial charge in [-0.2, -0.15) is 0 Å². The van der Waals surface area contributed by atoms with Crippen LogP contribution < -0.4 is 5.32 Å². The Hall–Kier alpha value is -2.39. The summed E-state index contributed by atoms with van der Waals surface area (Å²) in [6.07, 6.45) is 4.95. The molecule has 1 heterocycles. The highest BCUT2D eigenvalue weighted by Gasteiger charge is 2.25. The van der Waals surface area contributed by atoms with Crippen LogP contribution >= 0.6 is 0 Å². The number of fused-ring (bicyclic) bond motifs is 1. The molecule has 0 aliphatic rings. The second-order valence-corrected chi connectivity index (χ2v) is 6.96. The minimum absolute atomic E-state index is 0.124. The lowest BCUT2D eigenvalue weighted by atomic mass is 9.95. The van der Waals surface area contributed by atoms with E-state index in [1.165, 1.54) is 5.56 Å². The number of para-hydroxylation sites is 1. The first-order chi connectivity index (χ1) is 12.7. The Balaban J connectivity index is 2.00. The first-order valence-electron chi connectivity index (χ1n) is 9.59. The number of aryl methyl sites for hydroxylation is 1. The normalized spacial score (nSPS) is 13.7. The summed E-state index contributed by atoms with van der Waals surface area (Å²) in [7, 11) is 0. The molecule has 2 atom stereocenters. The van der Waals surface area contributed by atoms with Gasteiger partial charge in [-0.05, 0) is 30.9 Å². The van der Waals surface area contributed by atoms with Crippen LogP contribution in [0.2, 0.25) is 0 Å². The summed E-state index contributed by atoms with van der Waals surface area (Å²) >= 11 is 0. The quantitative estimate of drug-likeness (QED) is 0.533. The summed E-state index contributed by atoms with van der Waals surface area (Å²) < 4.78 is 0. The van der Waals surface area contributed by atoms with Crippen LogP contribution in [0.3, 0.4) is 0 Å². The van der Waals surface area contributed by atoms with Crippen molar-refractivity contribution in [1.29, 1.82) is 0 Å². The van der Waals surface area contributed by atoms with Gasteiger partial charge < -0.3 is 10.3 Å². The van der Waals surface area contributed by atoms with Crippen molar-refractivity contribution in [2.24, 2.45) is 0 Å². The molecule has 136 valence electrons. The Morgan fingerprint density at radius 3 is 2.54 bits per heavy atom. The van der Waals surface area contributed by atoms with Crippen LogP contribution in [0, 0.1) is 0 Å². The third kappa shape index (κ3) is 3.73. The molecule has 0 bridgehead atoms. The minimum Gasteiger partial charge on any atom is -0.360 e. The van der Waals surface area contributed by atoms with Crippen molar-refractivity contribution in [3.8, 4) is 0 Å². The summed E-state index contributed by atoms with van der Waals surface area (Å²) in [6, 6.07) is 16.2. The lowest BCUT2D eigenvalue weighted by molar-refractivity contribution is 0.0937. The monoisotopic (exact) mass is 348 g/mol. The predicted molar refractivity (Wildman–Crippen MR) is 109 cm³/mol. The Kier molecular flexibility index (Phi) is 5.89. The standard InChI is InChI=1S/C23H28N2O/c1-4-10-16(3)25-22(18-11-7-6-8-12-18)23(26)20-15-24-21-17(5-2)13-9-14-19(20)21/h6-9,11-16,22,24-25H,4-5,10H2,1-3H3/t16-,22-/m0/s1. The first kappa shape index (κ1) is 18.4. The van der Waals surface area contributed by atoms with Gasteiger partial charge in [0.2, 0.25) is 0 Å². The average Bonchev–Trinajstić information content (AvgIpc) is 3.10. The van der Waals surface area contributed by atoms with E-state index in [4.69, 9.17) is 0 Å². The van der Waals surface area contributed by atoms with Crippen LogP contribution in [0.4, 0.5) is 0 Å². The number of carbonyl (C=O) groups is 1. The van der Waals surface area contributed by atoms with Gasteiger partial charge in [-0.1, -0.05) is 68.8 Å². The van der Waals surface area contributed by atoms with Crippen LogP contribution in [0.25, 0.3) is 10.9 Å². The van der Waals surface area contributed by atoms with E-state index < -0.39 is 0 Å². The Morgan fingerprint density at radius 2 is 1.85 bits per heavy atom. The molecule has 2 N–H and O–H groups in total. The number of aromatic nitrogens is 1. The first-order valence-corrected chi connectivity index (χ1v) is 9.59. The Morgan fingerprint density at radius 1 is 1.08 bits per heavy atom. The maximum Gasteiger partial charge on any atom is 0.186 e. The van der Waals surface area contributed by atoms with Gasteiger partial charge in [-0.3, -0.25) is 4.79 Å². The highest BCUT2D eigenvalue weighted by molar-refractivity contribution is 6.11. The summed E-state index contributed by atoms with van der Waals surface area (Å²) in [6.45, 7) is 6.46. The second-order valence-electron chi connectivity index (χ2n) is 6.96. The van der Waals surface area contributed by atoms with E-state index >= 15 is 0 Å². The zero-order valence-corrected chi connectivity index (χ0v) is 15.9. The molecule has 0 fully saturated rings. The zero-order chi connectivity index (χ0) is 18.5. The third-order valence-electron chi connectivity index (χ3n) is 5.02. The lowest BCUT2D eigenvalue weighted by Gasteiger charge is -2.22. The number of nitrogens with one attached hydrogen (secondary N) is 2. The molecule has 3 aromatic rings. The van der Waals surface area contributed by atoms with Crippen LogP contribution in [0.15, 0.2) is 54.7 Å². The maximum atomic E-state index is 13.5. The Labute approximate surface area is 155 Å². The fourth-order valence-corrected chi connectivity index (χ4v) is 3.64. The highest BCUT2D eigenvalue weighted by Crippen LogP contribution is 2.27. The van der Waals surface area contributed by atoms with Gasteiger partial charge in [0.05, 0.1) is 6.04 Å². The molecule has 0 spiro atoms. The van der Waals surface area contributed by atoms with Gasteiger partial charge in [-0.25, -0.2) is 0 Å². The van der Waals surface area contributed by atoms with Crippen molar-refractivity contribution in [3.05, 3.63) is 71.4 Å². The summed E-state index contributed by atoms with van der Waals surface area (Å²) in [4.78, 5) is 16.8. The van der Waals surface area contributed by atoms with Gasteiger partial charge in [-0.15, -0.1) is 0 Å². The smallest absolute Gasteiger partial charge is 0.186 e. The zero-order valence-electron chi connectivity index (χ0n) is 15.9. The molecule has 0 aliphatic carbocycles.